The highest BCUT2D eigenvalue weighted by molar-refractivity contribution is 8.24. The Morgan fingerprint density at radius 3 is 2.55 bits per heavy atom. The monoisotopic (exact) mass is 180 g/mol. The van der Waals surface area contributed by atoms with Gasteiger partial charge in [0.2, 0.25) is 0 Å². The zero-order valence-electron chi connectivity index (χ0n) is 6.06. The van der Waals surface area contributed by atoms with E-state index in [0.29, 0.717) is 12.2 Å². The molecule has 1 aliphatic rings. The van der Waals surface area contributed by atoms with Crippen LogP contribution in [0.15, 0.2) is 0 Å². The maximum Gasteiger partial charge on any atom is 0.303 e. The number of carboxylic acids is 1. The van der Waals surface area contributed by atoms with E-state index in [-0.39, 0.29) is 18.1 Å². The highest BCUT2D eigenvalue weighted by Crippen LogP contribution is 2.49. The summed E-state index contributed by atoms with van der Waals surface area (Å²) in [5.74, 6) is -0.228. The van der Waals surface area contributed by atoms with Gasteiger partial charge in [-0.15, -0.1) is 0 Å². The Kier molecular flexibility index (Phi) is 2.41. The van der Waals surface area contributed by atoms with E-state index >= 15 is 0 Å². The Hall–Kier alpha value is -0.260. The van der Waals surface area contributed by atoms with Gasteiger partial charge in [0.05, 0.1) is 0 Å². The maximum atomic E-state index is 10.2. The first-order chi connectivity index (χ1) is 4.99. The van der Waals surface area contributed by atoms with E-state index in [0.717, 1.165) is 0 Å². The first-order valence-electron chi connectivity index (χ1n) is 3.45. The van der Waals surface area contributed by atoms with Crippen LogP contribution in [0.1, 0.15) is 12.8 Å². The molecule has 0 aromatic heterocycles. The Morgan fingerprint density at radius 1 is 1.55 bits per heavy atom. The minimum absolute atomic E-state index is 0.0301. The molecule has 1 unspecified atom stereocenters. The molecule has 0 aliphatic carbocycles. The molecule has 1 rings (SSSR count). The predicted octanol–water partition coefficient (Wildman–Crippen LogP) is 1.23. The summed E-state index contributed by atoms with van der Waals surface area (Å²) >= 11 is 0. The second-order valence-electron chi connectivity index (χ2n) is 2.93. The van der Waals surface area contributed by atoms with Crippen molar-refractivity contribution in [1.82, 2.24) is 0 Å². The number of hydrogen-bond donors (Lipinski definition) is 3. The van der Waals surface area contributed by atoms with Crippen LogP contribution in [0.3, 0.4) is 0 Å². The zero-order chi connectivity index (χ0) is 8.48. The summed E-state index contributed by atoms with van der Waals surface area (Å²) < 4.78 is 18.2. The smallest absolute Gasteiger partial charge is 0.303 e. The van der Waals surface area contributed by atoms with Crippen molar-refractivity contribution in [2.45, 2.75) is 12.8 Å². The molecule has 0 radical (unpaired) electrons. The van der Waals surface area contributed by atoms with E-state index in [2.05, 4.69) is 0 Å². The van der Waals surface area contributed by atoms with Crippen molar-refractivity contribution in [1.29, 1.82) is 0 Å². The van der Waals surface area contributed by atoms with E-state index in [1.165, 1.54) is 0 Å². The van der Waals surface area contributed by atoms with Gasteiger partial charge in [-0.3, -0.25) is 13.9 Å². The molecular formula is C6H12O4S. The van der Waals surface area contributed by atoms with Crippen LogP contribution in [0.25, 0.3) is 0 Å². The van der Waals surface area contributed by atoms with Gasteiger partial charge < -0.3 is 5.11 Å². The van der Waals surface area contributed by atoms with E-state index in [4.69, 9.17) is 14.2 Å². The Morgan fingerprint density at radius 2 is 2.18 bits per heavy atom. The lowest BCUT2D eigenvalue weighted by atomic mass is 10.1. The van der Waals surface area contributed by atoms with Gasteiger partial charge in [0.1, 0.15) is 0 Å². The van der Waals surface area contributed by atoms with Gasteiger partial charge in [-0.05, 0) is 12.3 Å². The largest absolute Gasteiger partial charge is 0.481 e. The van der Waals surface area contributed by atoms with Crippen molar-refractivity contribution >= 4 is 16.6 Å². The molecule has 0 saturated carbocycles. The minimum Gasteiger partial charge on any atom is -0.481 e. The molecule has 1 fully saturated rings. The van der Waals surface area contributed by atoms with Crippen molar-refractivity contribution in [3.05, 3.63) is 0 Å². The fourth-order valence-electron chi connectivity index (χ4n) is 1.31. The molecule has 1 aliphatic heterocycles. The predicted molar refractivity (Wildman–Crippen MR) is 42.9 cm³/mol. The molecule has 66 valence electrons. The molecule has 1 heterocycles. The molecule has 0 aromatic rings. The highest BCUT2D eigenvalue weighted by atomic mass is 32.3. The first-order valence-corrected chi connectivity index (χ1v) is 5.33. The second kappa shape index (κ2) is 3.00. The zero-order valence-corrected chi connectivity index (χ0v) is 6.88. The van der Waals surface area contributed by atoms with Crippen LogP contribution in [-0.4, -0.2) is 31.7 Å². The van der Waals surface area contributed by atoms with Crippen molar-refractivity contribution in [3.63, 3.8) is 0 Å². The quantitative estimate of drug-likeness (QED) is 0.597. The van der Waals surface area contributed by atoms with Gasteiger partial charge in [0, 0.05) is 17.9 Å². The molecule has 5 heteroatoms. The Labute approximate surface area is 66.6 Å². The summed E-state index contributed by atoms with van der Waals surface area (Å²) in [4.78, 5) is 10.2. The second-order valence-corrected chi connectivity index (χ2v) is 5.27. The molecule has 0 spiro atoms. The average molecular weight is 180 g/mol. The fourth-order valence-corrected chi connectivity index (χ4v) is 3.22. The van der Waals surface area contributed by atoms with Gasteiger partial charge in [-0.2, -0.15) is 10.6 Å². The van der Waals surface area contributed by atoms with Crippen LogP contribution in [-0.2, 0) is 4.79 Å². The lowest BCUT2D eigenvalue weighted by Gasteiger charge is -2.25. The number of carbonyl (C=O) groups is 1. The van der Waals surface area contributed by atoms with Crippen LogP contribution in [0.5, 0.6) is 0 Å². The first kappa shape index (κ1) is 8.83. The van der Waals surface area contributed by atoms with Crippen molar-refractivity contribution in [2.75, 3.05) is 11.5 Å². The van der Waals surface area contributed by atoms with Gasteiger partial charge in [0.25, 0.3) is 0 Å². The number of aliphatic carboxylic acids is 1. The van der Waals surface area contributed by atoms with Crippen LogP contribution in [0.2, 0.25) is 0 Å². The van der Waals surface area contributed by atoms with Gasteiger partial charge in [-0.25, -0.2) is 0 Å². The number of rotatable bonds is 2. The third-order valence-electron chi connectivity index (χ3n) is 1.82. The average Bonchev–Trinajstić information content (AvgIpc) is 2.08. The minimum atomic E-state index is -2.40. The van der Waals surface area contributed by atoms with Crippen LogP contribution in [0.4, 0.5) is 0 Å². The SMILES string of the molecule is O=C(O)CC1CCS(O)(O)C1. The van der Waals surface area contributed by atoms with Crippen LogP contribution >= 0.6 is 10.6 Å². The van der Waals surface area contributed by atoms with Crippen LogP contribution in [0, 0.1) is 5.92 Å². The van der Waals surface area contributed by atoms with Gasteiger partial charge >= 0.3 is 5.97 Å². The van der Waals surface area contributed by atoms with Crippen LogP contribution < -0.4 is 0 Å². The normalized spacial score (nSPS) is 31.6. The Bertz CT molecular complexity index is 168. The fraction of sp³-hybridized carbons (Fsp3) is 0.833. The molecule has 3 N–H and O–H groups in total. The van der Waals surface area contributed by atoms with Gasteiger partial charge in [-0.1, -0.05) is 0 Å². The lowest BCUT2D eigenvalue weighted by molar-refractivity contribution is -0.137. The summed E-state index contributed by atoms with van der Waals surface area (Å²) in [5, 5.41) is 8.39. The molecule has 11 heavy (non-hydrogen) atoms. The van der Waals surface area contributed by atoms with Crippen molar-refractivity contribution in [3.8, 4) is 0 Å². The standard InChI is InChI=1S/C6H12O4S/c7-6(8)3-5-1-2-11(9,10)4-5/h5,9-10H,1-4H2,(H,7,8). The highest BCUT2D eigenvalue weighted by Gasteiger charge is 2.29. The third kappa shape index (κ3) is 2.69. The van der Waals surface area contributed by atoms with Crippen molar-refractivity contribution in [2.24, 2.45) is 5.92 Å². The van der Waals surface area contributed by atoms with E-state index in [1.807, 2.05) is 0 Å². The molecule has 0 bridgehead atoms. The number of hydrogen-bond acceptors (Lipinski definition) is 3. The molecule has 1 saturated heterocycles. The van der Waals surface area contributed by atoms with E-state index in [9.17, 15) is 4.79 Å². The van der Waals surface area contributed by atoms with Crippen molar-refractivity contribution < 1.29 is 19.0 Å². The Balaban J connectivity index is 2.36. The molecule has 0 amide bonds. The molecule has 1 atom stereocenters. The maximum absolute atomic E-state index is 10.2. The summed E-state index contributed by atoms with van der Waals surface area (Å²) in [7, 11) is -2.40. The van der Waals surface area contributed by atoms with Gasteiger partial charge in [0.15, 0.2) is 0 Å². The summed E-state index contributed by atoms with van der Waals surface area (Å²) in [6.07, 6.45) is 0.699. The summed E-state index contributed by atoms with van der Waals surface area (Å²) in [6.45, 7) is 0. The van der Waals surface area contributed by atoms with E-state index < -0.39 is 16.6 Å². The number of carboxylic acid groups (broad SMARTS) is 1. The van der Waals surface area contributed by atoms with E-state index in [1.54, 1.807) is 0 Å². The summed E-state index contributed by atoms with van der Waals surface area (Å²) in [6, 6.07) is 0. The summed E-state index contributed by atoms with van der Waals surface area (Å²) in [5.41, 5.74) is 0. The topological polar surface area (TPSA) is 77.8 Å². The molecule has 0 aromatic carbocycles. The lowest BCUT2D eigenvalue weighted by Crippen LogP contribution is -2.08. The molecule has 4 nitrogen and oxygen atoms in total. The third-order valence-corrected chi connectivity index (χ3v) is 3.71. The molecular weight excluding hydrogens is 168 g/mol.